The number of hydrogen-bond donors (Lipinski definition) is 2. The predicted molar refractivity (Wildman–Crippen MR) is 74.7 cm³/mol. The summed E-state index contributed by atoms with van der Waals surface area (Å²) in [6.07, 6.45) is 5.73. The fraction of sp³-hybridized carbons (Fsp3) is 0.538. The van der Waals surface area contributed by atoms with Gasteiger partial charge in [0.05, 0.1) is 0 Å². The number of hydrogen-bond acceptors (Lipinski definition) is 4. The van der Waals surface area contributed by atoms with Crippen molar-refractivity contribution in [2.24, 2.45) is 5.10 Å². The van der Waals surface area contributed by atoms with Crippen LogP contribution in [-0.2, 0) is 11.3 Å². The number of nitrogens with zero attached hydrogens (tertiary/aromatic N) is 2. The fourth-order valence-corrected chi connectivity index (χ4v) is 2.10. The molecule has 0 saturated heterocycles. The Balaban J connectivity index is 1.90. The highest BCUT2D eigenvalue weighted by Crippen LogP contribution is 2.13. The van der Waals surface area contributed by atoms with Gasteiger partial charge in [-0.25, -0.2) is 10.2 Å². The van der Waals surface area contributed by atoms with E-state index < -0.39 is 11.2 Å². The van der Waals surface area contributed by atoms with E-state index in [-0.39, 0.29) is 18.9 Å². The van der Waals surface area contributed by atoms with Crippen LogP contribution in [-0.4, -0.2) is 21.2 Å². The molecular formula is C13H18N4O3. The molecule has 1 fully saturated rings. The van der Waals surface area contributed by atoms with Crippen molar-refractivity contribution in [1.82, 2.24) is 15.0 Å². The summed E-state index contributed by atoms with van der Waals surface area (Å²) in [5, 5.41) is 4.06. The van der Waals surface area contributed by atoms with Gasteiger partial charge in [0.1, 0.15) is 0 Å². The van der Waals surface area contributed by atoms with Crippen LogP contribution in [0.2, 0.25) is 0 Å². The maximum atomic E-state index is 11.6. The summed E-state index contributed by atoms with van der Waals surface area (Å²) in [7, 11) is 0. The smallest absolute Gasteiger partial charge is 0.300 e. The van der Waals surface area contributed by atoms with E-state index in [0.29, 0.717) is 5.56 Å². The third-order valence-corrected chi connectivity index (χ3v) is 3.29. The molecule has 1 aliphatic rings. The van der Waals surface area contributed by atoms with Crippen LogP contribution >= 0.6 is 0 Å². The first-order valence-electron chi connectivity index (χ1n) is 6.71. The molecule has 1 aromatic rings. The first-order chi connectivity index (χ1) is 9.56. The van der Waals surface area contributed by atoms with Gasteiger partial charge < -0.3 is 0 Å². The minimum absolute atomic E-state index is 0.141. The molecule has 0 radical (unpaired) electrons. The van der Waals surface area contributed by atoms with Crippen molar-refractivity contribution in [3.8, 4) is 0 Å². The van der Waals surface area contributed by atoms with Gasteiger partial charge in [-0.05, 0) is 32.6 Å². The molecule has 0 aromatic carbocycles. The summed E-state index contributed by atoms with van der Waals surface area (Å²) in [5.74, 6) is -0.236. The highest BCUT2D eigenvalue weighted by Gasteiger charge is 2.09. The first kappa shape index (κ1) is 14.2. The molecule has 0 unspecified atom stereocenters. The van der Waals surface area contributed by atoms with Crippen LogP contribution in [0.3, 0.4) is 0 Å². The molecule has 20 heavy (non-hydrogen) atoms. The van der Waals surface area contributed by atoms with Crippen molar-refractivity contribution < 1.29 is 4.79 Å². The zero-order chi connectivity index (χ0) is 14.5. The van der Waals surface area contributed by atoms with Crippen LogP contribution in [0.1, 0.15) is 37.7 Å². The van der Waals surface area contributed by atoms with E-state index in [4.69, 9.17) is 0 Å². The van der Waals surface area contributed by atoms with E-state index in [1.54, 1.807) is 6.92 Å². The lowest BCUT2D eigenvalue weighted by Crippen LogP contribution is -2.32. The molecule has 0 aliphatic heterocycles. The van der Waals surface area contributed by atoms with Crippen LogP contribution in [0.15, 0.2) is 20.9 Å². The summed E-state index contributed by atoms with van der Waals surface area (Å²) in [5.41, 5.74) is 3.06. The van der Waals surface area contributed by atoms with Crippen LogP contribution in [0.5, 0.6) is 0 Å². The van der Waals surface area contributed by atoms with E-state index in [9.17, 15) is 14.4 Å². The number of aryl methyl sites for hydroxylation is 2. The summed E-state index contributed by atoms with van der Waals surface area (Å²) < 4.78 is 1.32. The number of aromatic nitrogens is 2. The summed E-state index contributed by atoms with van der Waals surface area (Å²) >= 11 is 0. The Labute approximate surface area is 115 Å². The van der Waals surface area contributed by atoms with Crippen molar-refractivity contribution in [3.05, 3.63) is 32.6 Å². The Bertz CT molecular complexity index is 634. The van der Waals surface area contributed by atoms with Gasteiger partial charge in [-0.1, -0.05) is 0 Å². The summed E-state index contributed by atoms with van der Waals surface area (Å²) in [6.45, 7) is 1.83. The van der Waals surface area contributed by atoms with Gasteiger partial charge in [0.2, 0.25) is 5.91 Å². The van der Waals surface area contributed by atoms with E-state index in [1.807, 2.05) is 0 Å². The number of carbonyl (C=O) groups excluding carboxylic acids is 1. The molecule has 0 atom stereocenters. The topological polar surface area (TPSA) is 96.3 Å². The fourth-order valence-electron chi connectivity index (χ4n) is 2.10. The van der Waals surface area contributed by atoms with Crippen LogP contribution in [0.25, 0.3) is 0 Å². The summed E-state index contributed by atoms with van der Waals surface area (Å²) in [6, 6.07) is 0. The minimum Gasteiger partial charge on any atom is -0.300 e. The molecule has 1 aromatic heterocycles. The number of aromatic amines is 1. The van der Waals surface area contributed by atoms with Gasteiger partial charge in [0, 0.05) is 30.4 Å². The van der Waals surface area contributed by atoms with Gasteiger partial charge in [0.15, 0.2) is 0 Å². The van der Waals surface area contributed by atoms with Crippen LogP contribution in [0, 0.1) is 6.92 Å². The predicted octanol–water partition coefficient (Wildman–Crippen LogP) is 0.281. The molecule has 1 aliphatic carbocycles. The van der Waals surface area contributed by atoms with Gasteiger partial charge >= 0.3 is 5.69 Å². The van der Waals surface area contributed by atoms with Gasteiger partial charge in [-0.2, -0.15) is 5.10 Å². The SMILES string of the molecule is Cc1cn(CCC(=O)NN=C2CCCC2)c(=O)[nH]c1=O. The highest BCUT2D eigenvalue weighted by atomic mass is 16.2. The quantitative estimate of drug-likeness (QED) is 0.774. The van der Waals surface area contributed by atoms with Gasteiger partial charge in [0.25, 0.3) is 5.56 Å². The Hall–Kier alpha value is -2.18. The largest absolute Gasteiger partial charge is 0.328 e. The minimum atomic E-state index is -0.504. The zero-order valence-corrected chi connectivity index (χ0v) is 11.4. The highest BCUT2D eigenvalue weighted by molar-refractivity contribution is 5.87. The van der Waals surface area contributed by atoms with E-state index >= 15 is 0 Å². The molecule has 1 saturated carbocycles. The van der Waals surface area contributed by atoms with Gasteiger partial charge in [-0.15, -0.1) is 0 Å². The van der Waals surface area contributed by atoms with E-state index in [0.717, 1.165) is 31.4 Å². The van der Waals surface area contributed by atoms with Crippen LogP contribution in [0.4, 0.5) is 0 Å². The molecule has 7 heteroatoms. The molecule has 1 amide bonds. The normalized spacial score (nSPS) is 14.3. The molecule has 1 heterocycles. The second kappa shape index (κ2) is 6.31. The molecule has 2 N–H and O–H groups in total. The molecule has 0 bridgehead atoms. The monoisotopic (exact) mass is 278 g/mol. The third-order valence-electron chi connectivity index (χ3n) is 3.29. The second-order valence-corrected chi connectivity index (χ2v) is 4.93. The molecule has 7 nitrogen and oxygen atoms in total. The lowest BCUT2D eigenvalue weighted by atomic mass is 10.3. The average Bonchev–Trinajstić information content (AvgIpc) is 2.92. The second-order valence-electron chi connectivity index (χ2n) is 4.93. The number of nitrogens with one attached hydrogen (secondary N) is 2. The molecule has 108 valence electrons. The standard InChI is InChI=1S/C13H18N4O3/c1-9-8-17(13(20)14-12(9)19)7-6-11(18)16-15-10-4-2-3-5-10/h8H,2-7H2,1H3,(H,16,18)(H,14,19,20). The maximum absolute atomic E-state index is 11.6. The van der Waals surface area contributed by atoms with Gasteiger partial charge in [-0.3, -0.25) is 19.1 Å². The lowest BCUT2D eigenvalue weighted by Gasteiger charge is -2.05. The van der Waals surface area contributed by atoms with Crippen molar-refractivity contribution in [2.75, 3.05) is 0 Å². The number of amides is 1. The zero-order valence-electron chi connectivity index (χ0n) is 11.4. The van der Waals surface area contributed by atoms with E-state index in [2.05, 4.69) is 15.5 Å². The lowest BCUT2D eigenvalue weighted by molar-refractivity contribution is -0.121. The number of hydrazone groups is 1. The first-order valence-corrected chi connectivity index (χ1v) is 6.71. The van der Waals surface area contributed by atoms with E-state index in [1.165, 1.54) is 10.8 Å². The number of rotatable bonds is 4. The number of H-pyrrole nitrogens is 1. The van der Waals surface area contributed by atoms with Crippen molar-refractivity contribution in [3.63, 3.8) is 0 Å². The third kappa shape index (κ3) is 3.66. The van der Waals surface area contributed by atoms with Crippen molar-refractivity contribution in [1.29, 1.82) is 0 Å². The maximum Gasteiger partial charge on any atom is 0.328 e. The van der Waals surface area contributed by atoms with Crippen LogP contribution < -0.4 is 16.7 Å². The Morgan fingerprint density at radius 2 is 2.10 bits per heavy atom. The van der Waals surface area contributed by atoms with Crippen molar-refractivity contribution in [2.45, 2.75) is 45.6 Å². The summed E-state index contributed by atoms with van der Waals surface area (Å²) in [4.78, 5) is 36.6. The average molecular weight is 278 g/mol. The Morgan fingerprint density at radius 3 is 2.80 bits per heavy atom. The van der Waals surface area contributed by atoms with Crippen molar-refractivity contribution >= 4 is 11.6 Å². The Morgan fingerprint density at radius 1 is 1.40 bits per heavy atom. The number of carbonyl (C=O) groups is 1. The molecule has 2 rings (SSSR count). The molecular weight excluding hydrogens is 260 g/mol. The molecule has 0 spiro atoms. The Kier molecular flexibility index (Phi) is 4.49.